The molecule has 2 unspecified atom stereocenters. The molecule has 0 saturated heterocycles. The second-order valence-corrected chi connectivity index (χ2v) is 22.2. The molecule has 0 aliphatic rings. The average Bonchev–Trinajstić information content (AvgIpc) is 3.36. The zero-order valence-electron chi connectivity index (χ0n) is 46.3. The van der Waals surface area contributed by atoms with Crippen molar-refractivity contribution in [1.82, 2.24) is 0 Å². The highest BCUT2D eigenvalue weighted by molar-refractivity contribution is 5.49. The Morgan fingerprint density at radius 2 is 0.557 bits per heavy atom. The predicted molar refractivity (Wildman–Crippen MR) is 313 cm³/mol. The first kappa shape index (κ1) is 59.0. The van der Waals surface area contributed by atoms with Crippen molar-refractivity contribution in [2.75, 3.05) is 11.5 Å². The number of rotatable bonds is 43. The van der Waals surface area contributed by atoms with E-state index < -0.39 is 0 Å². The Morgan fingerprint density at radius 1 is 0.300 bits per heavy atom. The summed E-state index contributed by atoms with van der Waals surface area (Å²) in [6.45, 7) is 9.09. The van der Waals surface area contributed by atoms with E-state index >= 15 is 0 Å². The van der Waals surface area contributed by atoms with Crippen LogP contribution in [0.2, 0.25) is 0 Å². The van der Waals surface area contributed by atoms with Crippen molar-refractivity contribution in [1.29, 1.82) is 0 Å². The van der Waals surface area contributed by atoms with Gasteiger partial charge in [0, 0.05) is 23.2 Å². The molecule has 4 rings (SSSR count). The molecule has 0 amide bonds. The largest absolute Gasteiger partial charge is 0.399 e. The topological polar surface area (TPSA) is 52.0 Å². The molecule has 4 aromatic rings. The summed E-state index contributed by atoms with van der Waals surface area (Å²) in [4.78, 5) is 0. The Kier molecular flexibility index (Phi) is 32.2. The van der Waals surface area contributed by atoms with Crippen LogP contribution in [0, 0.1) is 13.8 Å². The molecule has 390 valence electrons. The molecule has 2 nitrogen and oxygen atoms in total. The number of anilines is 2. The Hall–Kier alpha value is -3.52. The van der Waals surface area contributed by atoms with Crippen LogP contribution in [0.15, 0.2) is 84.9 Å². The van der Waals surface area contributed by atoms with Gasteiger partial charge in [0.1, 0.15) is 0 Å². The molecule has 0 saturated carbocycles. The number of hydrogen-bond acceptors (Lipinski definition) is 2. The SMILES string of the molecule is CCCCCCCCCCCC(c1ccc(CCCCCCCCCCCCCCCCCCc2ccc(C(CCCCCCCCCCC)c3ccc(N)cc3C)cc2)cc1)c1ccc(N)cc1C. The lowest BCUT2D eigenvalue weighted by Crippen LogP contribution is -2.05. The van der Waals surface area contributed by atoms with Gasteiger partial charge in [0.2, 0.25) is 0 Å². The van der Waals surface area contributed by atoms with Crippen LogP contribution >= 0.6 is 0 Å². The van der Waals surface area contributed by atoms with E-state index in [4.69, 9.17) is 11.5 Å². The smallest absolute Gasteiger partial charge is 0.0316 e. The first-order valence-corrected chi connectivity index (χ1v) is 30.3. The molecular weight excluding hydrogens is 845 g/mol. The maximum absolute atomic E-state index is 6.16. The molecule has 0 fully saturated rings. The van der Waals surface area contributed by atoms with E-state index in [1.165, 1.54) is 288 Å². The fourth-order valence-electron chi connectivity index (χ4n) is 11.5. The van der Waals surface area contributed by atoms with Crippen LogP contribution in [0.5, 0.6) is 0 Å². The van der Waals surface area contributed by atoms with E-state index in [-0.39, 0.29) is 0 Å². The molecule has 0 aromatic heterocycles. The fraction of sp³-hybridized carbons (Fsp3) is 0.647. The quantitative estimate of drug-likeness (QED) is 0.0343. The van der Waals surface area contributed by atoms with E-state index in [0.717, 1.165) is 11.4 Å². The normalized spacial score (nSPS) is 12.5. The maximum atomic E-state index is 6.16. The molecule has 0 radical (unpaired) electrons. The Bertz CT molecular complexity index is 1720. The number of unbranched alkanes of at least 4 members (excludes halogenated alkanes) is 31. The number of nitrogen functional groups attached to an aromatic ring is 2. The van der Waals surface area contributed by atoms with Crippen molar-refractivity contribution < 1.29 is 0 Å². The Morgan fingerprint density at radius 3 is 0.829 bits per heavy atom. The third-order valence-electron chi connectivity index (χ3n) is 16.0. The molecule has 0 aliphatic carbocycles. The minimum atomic E-state index is 0.464. The summed E-state index contributed by atoms with van der Waals surface area (Å²) < 4.78 is 0. The summed E-state index contributed by atoms with van der Waals surface area (Å²) in [5.41, 5.74) is 25.6. The van der Waals surface area contributed by atoms with Gasteiger partial charge >= 0.3 is 0 Å². The minimum absolute atomic E-state index is 0.464. The number of benzene rings is 4. The first-order valence-electron chi connectivity index (χ1n) is 30.3. The molecular formula is C68H108N2. The van der Waals surface area contributed by atoms with Gasteiger partial charge in [0.25, 0.3) is 0 Å². The summed E-state index contributed by atoms with van der Waals surface area (Å²) in [5, 5.41) is 0. The summed E-state index contributed by atoms with van der Waals surface area (Å²) in [6.07, 6.45) is 52.2. The lowest BCUT2D eigenvalue weighted by Gasteiger charge is -2.21. The van der Waals surface area contributed by atoms with Crippen LogP contribution < -0.4 is 11.5 Å². The van der Waals surface area contributed by atoms with Crippen molar-refractivity contribution in [2.45, 2.75) is 284 Å². The molecule has 0 bridgehead atoms. The number of hydrogen-bond donors (Lipinski definition) is 2. The van der Waals surface area contributed by atoms with Crippen LogP contribution in [0.3, 0.4) is 0 Å². The zero-order chi connectivity index (χ0) is 49.7. The second-order valence-electron chi connectivity index (χ2n) is 22.2. The maximum Gasteiger partial charge on any atom is 0.0316 e. The third-order valence-corrected chi connectivity index (χ3v) is 16.0. The van der Waals surface area contributed by atoms with Gasteiger partial charge in [-0.05, 0) is 121 Å². The van der Waals surface area contributed by atoms with Crippen molar-refractivity contribution in [3.05, 3.63) is 129 Å². The highest BCUT2D eigenvalue weighted by atomic mass is 14.5. The lowest BCUT2D eigenvalue weighted by atomic mass is 9.84. The molecule has 2 atom stereocenters. The summed E-state index contributed by atoms with van der Waals surface area (Å²) in [7, 11) is 0. The molecule has 0 heterocycles. The van der Waals surface area contributed by atoms with Crippen LogP contribution in [0.1, 0.15) is 301 Å². The second kappa shape index (κ2) is 38.1. The standard InChI is InChI=1S/C68H108N2/c1-5-7-9-11-13-23-29-33-37-41-67(65-53-51-63(69)55-57(65)3)61-47-43-59(44-48-61)39-35-31-27-25-21-19-17-15-16-18-20-22-26-28-32-36-40-60-45-49-62(50-46-60)68(66-54-52-64(70)56-58(66)4)42-38-34-30-24-14-12-10-8-6-2/h43-56,67-68H,5-42,69-70H2,1-4H3. The van der Waals surface area contributed by atoms with Gasteiger partial charge in [-0.2, -0.15) is 0 Å². The first-order chi connectivity index (χ1) is 34.4. The van der Waals surface area contributed by atoms with Gasteiger partial charge in [0.15, 0.2) is 0 Å². The van der Waals surface area contributed by atoms with Gasteiger partial charge in [-0.1, -0.05) is 280 Å². The molecule has 4 N–H and O–H groups in total. The average molecular weight is 954 g/mol. The van der Waals surface area contributed by atoms with Crippen molar-refractivity contribution in [3.63, 3.8) is 0 Å². The van der Waals surface area contributed by atoms with E-state index in [1.807, 2.05) is 0 Å². The van der Waals surface area contributed by atoms with E-state index in [1.54, 1.807) is 0 Å². The van der Waals surface area contributed by atoms with Crippen molar-refractivity contribution in [3.8, 4) is 0 Å². The fourth-order valence-corrected chi connectivity index (χ4v) is 11.5. The molecule has 70 heavy (non-hydrogen) atoms. The van der Waals surface area contributed by atoms with Crippen molar-refractivity contribution in [2.24, 2.45) is 0 Å². The minimum Gasteiger partial charge on any atom is -0.399 e. The lowest BCUT2D eigenvalue weighted by molar-refractivity contribution is 0.528. The van der Waals surface area contributed by atoms with Gasteiger partial charge < -0.3 is 11.5 Å². The highest BCUT2D eigenvalue weighted by Gasteiger charge is 2.18. The highest BCUT2D eigenvalue weighted by Crippen LogP contribution is 2.35. The summed E-state index contributed by atoms with van der Waals surface area (Å²) in [5.74, 6) is 0.928. The molecule has 0 aliphatic heterocycles. The number of aryl methyl sites for hydroxylation is 4. The Labute approximate surface area is 433 Å². The molecule has 0 spiro atoms. The van der Waals surface area contributed by atoms with E-state index in [9.17, 15) is 0 Å². The van der Waals surface area contributed by atoms with Crippen molar-refractivity contribution >= 4 is 11.4 Å². The third kappa shape index (κ3) is 25.2. The van der Waals surface area contributed by atoms with E-state index in [0.29, 0.717) is 11.8 Å². The van der Waals surface area contributed by atoms with Gasteiger partial charge in [0.05, 0.1) is 0 Å². The van der Waals surface area contributed by atoms with Gasteiger partial charge in [-0.25, -0.2) is 0 Å². The van der Waals surface area contributed by atoms with Gasteiger partial charge in [-0.3, -0.25) is 0 Å². The molecule has 2 heteroatoms. The predicted octanol–water partition coefficient (Wildman–Crippen LogP) is 21.6. The number of nitrogens with two attached hydrogens (primary N) is 2. The van der Waals surface area contributed by atoms with Crippen LogP contribution in [0.25, 0.3) is 0 Å². The summed E-state index contributed by atoms with van der Waals surface area (Å²) >= 11 is 0. The molecule has 4 aromatic carbocycles. The summed E-state index contributed by atoms with van der Waals surface area (Å²) in [6, 6.07) is 32.5. The zero-order valence-corrected chi connectivity index (χ0v) is 46.3. The van der Waals surface area contributed by atoms with Crippen LogP contribution in [0.4, 0.5) is 11.4 Å². The van der Waals surface area contributed by atoms with E-state index in [2.05, 4.69) is 113 Å². The Balaban J connectivity index is 0.982. The monoisotopic (exact) mass is 953 g/mol. The van der Waals surface area contributed by atoms with Crippen LogP contribution in [-0.4, -0.2) is 0 Å². The van der Waals surface area contributed by atoms with Gasteiger partial charge in [-0.15, -0.1) is 0 Å². The van der Waals surface area contributed by atoms with Crippen LogP contribution in [-0.2, 0) is 12.8 Å².